The molecule has 0 unspecified atom stereocenters. The number of fused-ring (bicyclic) bond motifs is 2. The van der Waals surface area contributed by atoms with Crippen LogP contribution in [0.5, 0.6) is 11.5 Å². The molecule has 1 N–H and O–H groups in total. The Morgan fingerprint density at radius 2 is 1.90 bits per heavy atom. The van der Waals surface area contributed by atoms with Crippen molar-refractivity contribution >= 4 is 22.6 Å². The number of aryl methyl sites for hydroxylation is 2. The summed E-state index contributed by atoms with van der Waals surface area (Å²) in [4.78, 5) is 16.6. The number of carbonyl (C=O) groups is 1. The molecule has 1 amide bonds. The highest BCUT2D eigenvalue weighted by molar-refractivity contribution is 5.92. The summed E-state index contributed by atoms with van der Waals surface area (Å²) in [6.45, 7) is 3.51. The number of hydrogen-bond acceptors (Lipinski definition) is 5. The Kier molecular flexibility index (Phi) is 4.56. The fourth-order valence-electron chi connectivity index (χ4n) is 3.27. The lowest BCUT2D eigenvalue weighted by Crippen LogP contribution is -2.20. The second-order valence-electron chi connectivity index (χ2n) is 6.66. The van der Waals surface area contributed by atoms with Crippen molar-refractivity contribution in [2.45, 2.75) is 26.6 Å². The highest BCUT2D eigenvalue weighted by Crippen LogP contribution is 2.36. The van der Waals surface area contributed by atoms with Crippen molar-refractivity contribution in [2.24, 2.45) is 0 Å². The van der Waals surface area contributed by atoms with Gasteiger partial charge in [-0.2, -0.15) is 18.3 Å². The van der Waals surface area contributed by atoms with Crippen molar-refractivity contribution in [3.8, 4) is 11.5 Å². The van der Waals surface area contributed by atoms with Crippen LogP contribution in [0.3, 0.4) is 0 Å². The molecule has 1 aliphatic heterocycles. The van der Waals surface area contributed by atoms with E-state index in [1.54, 1.807) is 18.2 Å². The van der Waals surface area contributed by atoms with Crippen LogP contribution in [-0.4, -0.2) is 33.9 Å². The molecule has 3 aromatic rings. The van der Waals surface area contributed by atoms with Gasteiger partial charge in [0.2, 0.25) is 5.91 Å². The lowest BCUT2D eigenvalue weighted by molar-refractivity contribution is -0.136. The molecule has 0 bridgehead atoms. The van der Waals surface area contributed by atoms with Gasteiger partial charge in [0.1, 0.15) is 19.8 Å². The van der Waals surface area contributed by atoms with Crippen molar-refractivity contribution < 1.29 is 27.4 Å². The third-order valence-corrected chi connectivity index (χ3v) is 4.43. The Bertz CT molecular complexity index is 1110. The van der Waals surface area contributed by atoms with Crippen LogP contribution in [0.25, 0.3) is 11.0 Å². The van der Waals surface area contributed by atoms with Crippen LogP contribution in [-0.2, 0) is 17.5 Å². The maximum Gasteiger partial charge on any atom is 0.417 e. The third kappa shape index (κ3) is 3.69. The molecule has 1 aromatic carbocycles. The number of hydrogen-bond donors (Lipinski definition) is 1. The summed E-state index contributed by atoms with van der Waals surface area (Å²) >= 11 is 0. The van der Waals surface area contributed by atoms with Crippen LogP contribution < -0.4 is 14.8 Å². The first-order valence-corrected chi connectivity index (χ1v) is 8.84. The van der Waals surface area contributed by atoms with E-state index in [1.165, 1.54) is 18.5 Å². The van der Waals surface area contributed by atoms with Crippen molar-refractivity contribution in [1.29, 1.82) is 0 Å². The van der Waals surface area contributed by atoms with Gasteiger partial charge in [-0.1, -0.05) is 0 Å². The Hall–Kier alpha value is -3.30. The van der Waals surface area contributed by atoms with E-state index >= 15 is 0 Å². The molecule has 0 saturated heterocycles. The summed E-state index contributed by atoms with van der Waals surface area (Å²) < 4.78 is 52.3. The molecule has 0 atom stereocenters. The number of rotatable bonds is 3. The summed E-state index contributed by atoms with van der Waals surface area (Å²) in [5.41, 5.74) is 0.0425. The SMILES string of the molecule is Cc1cc(C(F)(F)F)c2c(C)nn(CC(=O)Nc3ccc4c(c3)OCCO4)c2n1. The van der Waals surface area contributed by atoms with Gasteiger partial charge in [0.05, 0.1) is 16.6 Å². The number of anilines is 1. The monoisotopic (exact) mass is 406 g/mol. The van der Waals surface area contributed by atoms with E-state index in [4.69, 9.17) is 9.47 Å². The maximum absolute atomic E-state index is 13.4. The molecule has 2 aromatic heterocycles. The molecule has 1 aliphatic rings. The quantitative estimate of drug-likeness (QED) is 0.721. The van der Waals surface area contributed by atoms with E-state index in [-0.39, 0.29) is 29.0 Å². The average molecular weight is 406 g/mol. The highest BCUT2D eigenvalue weighted by Gasteiger charge is 2.35. The van der Waals surface area contributed by atoms with Crippen molar-refractivity contribution in [3.63, 3.8) is 0 Å². The van der Waals surface area contributed by atoms with E-state index in [9.17, 15) is 18.0 Å². The van der Waals surface area contributed by atoms with Gasteiger partial charge < -0.3 is 14.8 Å². The Labute approximate surface area is 163 Å². The van der Waals surface area contributed by atoms with Crippen LogP contribution >= 0.6 is 0 Å². The van der Waals surface area contributed by atoms with Crippen molar-refractivity contribution in [3.05, 3.63) is 41.2 Å². The Balaban J connectivity index is 1.61. The van der Waals surface area contributed by atoms with Crippen LogP contribution in [0.15, 0.2) is 24.3 Å². The largest absolute Gasteiger partial charge is 0.486 e. The van der Waals surface area contributed by atoms with E-state index in [1.807, 2.05) is 0 Å². The predicted molar refractivity (Wildman–Crippen MR) is 98.1 cm³/mol. The maximum atomic E-state index is 13.4. The first kappa shape index (κ1) is 19.0. The van der Waals surface area contributed by atoms with Gasteiger partial charge in [-0.25, -0.2) is 9.67 Å². The van der Waals surface area contributed by atoms with Gasteiger partial charge in [0, 0.05) is 17.4 Å². The van der Waals surface area contributed by atoms with Crippen LogP contribution in [0.2, 0.25) is 0 Å². The van der Waals surface area contributed by atoms with Crippen LogP contribution in [0.1, 0.15) is 17.0 Å². The molecule has 29 heavy (non-hydrogen) atoms. The lowest BCUT2D eigenvalue weighted by atomic mass is 10.1. The molecular weight excluding hydrogens is 389 g/mol. The highest BCUT2D eigenvalue weighted by atomic mass is 19.4. The average Bonchev–Trinajstić information content (AvgIpc) is 2.95. The normalized spacial score (nSPS) is 13.6. The number of alkyl halides is 3. The summed E-state index contributed by atoms with van der Waals surface area (Å²) in [6.07, 6.45) is -4.54. The number of nitrogens with zero attached hydrogens (tertiary/aromatic N) is 3. The third-order valence-electron chi connectivity index (χ3n) is 4.43. The van der Waals surface area contributed by atoms with E-state index in [2.05, 4.69) is 15.4 Å². The predicted octanol–water partition coefficient (Wildman–Crippen LogP) is 3.48. The number of halogens is 3. The zero-order chi connectivity index (χ0) is 20.8. The smallest absolute Gasteiger partial charge is 0.417 e. The summed E-state index contributed by atoms with van der Waals surface area (Å²) in [7, 11) is 0. The van der Waals surface area contributed by atoms with Gasteiger partial charge in [0.25, 0.3) is 0 Å². The zero-order valence-corrected chi connectivity index (χ0v) is 15.6. The number of aromatic nitrogens is 3. The number of carbonyl (C=O) groups excluding carboxylic acids is 1. The molecule has 10 heteroatoms. The number of nitrogens with one attached hydrogen (secondary N) is 1. The summed E-state index contributed by atoms with van der Waals surface area (Å²) in [5, 5.41) is 6.69. The van der Waals surface area contributed by atoms with Gasteiger partial charge in [0.15, 0.2) is 17.1 Å². The van der Waals surface area contributed by atoms with E-state index in [0.717, 1.165) is 6.07 Å². The molecule has 0 radical (unpaired) electrons. The fourth-order valence-corrected chi connectivity index (χ4v) is 3.27. The number of pyridine rings is 1. The molecule has 7 nitrogen and oxygen atoms in total. The van der Waals surface area contributed by atoms with Gasteiger partial charge in [-0.15, -0.1) is 0 Å². The molecule has 0 saturated carbocycles. The Morgan fingerprint density at radius 1 is 1.17 bits per heavy atom. The van der Waals surface area contributed by atoms with Crippen molar-refractivity contribution in [1.82, 2.24) is 14.8 Å². The van der Waals surface area contributed by atoms with Gasteiger partial charge in [-0.3, -0.25) is 4.79 Å². The van der Waals surface area contributed by atoms with Gasteiger partial charge >= 0.3 is 6.18 Å². The second kappa shape index (κ2) is 6.94. The summed E-state index contributed by atoms with van der Waals surface area (Å²) in [6, 6.07) is 5.94. The van der Waals surface area contributed by atoms with Crippen LogP contribution in [0.4, 0.5) is 18.9 Å². The molecule has 152 valence electrons. The lowest BCUT2D eigenvalue weighted by Gasteiger charge is -2.19. The topological polar surface area (TPSA) is 78.3 Å². The molecule has 0 spiro atoms. The van der Waals surface area contributed by atoms with Crippen molar-refractivity contribution in [2.75, 3.05) is 18.5 Å². The first-order chi connectivity index (χ1) is 13.7. The Morgan fingerprint density at radius 3 is 2.62 bits per heavy atom. The van der Waals surface area contributed by atoms with E-state index < -0.39 is 17.6 Å². The molecule has 0 aliphatic carbocycles. The minimum atomic E-state index is -4.54. The number of benzene rings is 1. The summed E-state index contributed by atoms with van der Waals surface area (Å²) in [5.74, 6) is 0.645. The minimum Gasteiger partial charge on any atom is -0.486 e. The molecular formula is C19H17F3N4O3. The number of amides is 1. The van der Waals surface area contributed by atoms with E-state index in [0.29, 0.717) is 30.4 Å². The molecule has 4 rings (SSSR count). The van der Waals surface area contributed by atoms with Gasteiger partial charge in [-0.05, 0) is 32.0 Å². The fraction of sp³-hybridized carbons (Fsp3) is 0.316. The standard InChI is InChI=1S/C19H17F3N4O3/c1-10-7-13(19(20,21)22)17-11(2)25-26(18(17)23-10)9-16(27)24-12-3-4-14-15(8-12)29-6-5-28-14/h3-4,7-8H,5-6,9H2,1-2H3,(H,24,27). The van der Waals surface area contributed by atoms with Crippen LogP contribution in [0, 0.1) is 13.8 Å². The second-order valence-corrected chi connectivity index (χ2v) is 6.66. The molecule has 3 heterocycles. The zero-order valence-electron chi connectivity index (χ0n) is 15.6. The first-order valence-electron chi connectivity index (χ1n) is 8.84. The number of ether oxygens (including phenoxy) is 2. The molecule has 0 fully saturated rings. The minimum absolute atomic E-state index is 0.0205.